The fourth-order valence-corrected chi connectivity index (χ4v) is 3.42. The number of hydrogen-bond donors (Lipinski definition) is 0. The van der Waals surface area contributed by atoms with Gasteiger partial charge in [-0.25, -0.2) is 13.1 Å². The van der Waals surface area contributed by atoms with Gasteiger partial charge < -0.3 is 4.74 Å². The summed E-state index contributed by atoms with van der Waals surface area (Å²) in [6.07, 6.45) is -3.56. The van der Waals surface area contributed by atoms with Crippen molar-refractivity contribution in [3.05, 3.63) is 59.8 Å². The van der Waals surface area contributed by atoms with Gasteiger partial charge in [0.15, 0.2) is 9.84 Å². The third kappa shape index (κ3) is 3.89. The molecule has 0 aliphatic heterocycles. The molecule has 0 aliphatic carbocycles. The Morgan fingerprint density at radius 2 is 1.68 bits per heavy atom. The predicted molar refractivity (Wildman–Crippen MR) is 98.4 cm³/mol. The van der Waals surface area contributed by atoms with E-state index in [9.17, 15) is 21.6 Å². The van der Waals surface area contributed by atoms with Crippen molar-refractivity contribution in [2.45, 2.75) is 18.0 Å². The van der Waals surface area contributed by atoms with Crippen LogP contribution in [0.2, 0.25) is 0 Å². The lowest BCUT2D eigenvalue weighted by molar-refractivity contribution is -0.142. The molecular formula is C19H17F3N2O3S. The summed E-state index contributed by atoms with van der Waals surface area (Å²) in [5, 5.41) is 4.11. The molecule has 0 amide bonds. The average Bonchev–Trinajstić information content (AvgIpc) is 3.07. The Kier molecular flexibility index (Phi) is 4.97. The smallest absolute Gasteiger partial charge is 0.433 e. The molecule has 2 aromatic carbocycles. The van der Waals surface area contributed by atoms with Crippen LogP contribution in [0, 0.1) is 6.92 Å². The molecule has 1 aromatic heterocycles. The van der Waals surface area contributed by atoms with Crippen LogP contribution < -0.4 is 4.74 Å². The molecule has 3 aromatic rings. The second kappa shape index (κ2) is 6.97. The summed E-state index contributed by atoms with van der Waals surface area (Å²) >= 11 is 0. The number of aromatic nitrogens is 2. The second-order valence-electron chi connectivity index (χ2n) is 6.27. The number of sulfone groups is 1. The van der Waals surface area contributed by atoms with Gasteiger partial charge in [-0.05, 0) is 48.9 Å². The van der Waals surface area contributed by atoms with E-state index in [2.05, 4.69) is 5.10 Å². The molecule has 1 heterocycles. The Balaban J connectivity index is 2.12. The fraction of sp³-hybridized carbons (Fsp3) is 0.211. The maximum atomic E-state index is 13.6. The van der Waals surface area contributed by atoms with Crippen molar-refractivity contribution in [2.75, 3.05) is 13.4 Å². The number of ether oxygens (including phenoxy) is 1. The van der Waals surface area contributed by atoms with Crippen molar-refractivity contribution in [1.82, 2.24) is 9.78 Å². The van der Waals surface area contributed by atoms with Crippen LogP contribution in [0.25, 0.3) is 16.9 Å². The lowest BCUT2D eigenvalue weighted by Gasteiger charge is -2.12. The molecule has 0 bridgehead atoms. The topological polar surface area (TPSA) is 61.2 Å². The van der Waals surface area contributed by atoms with Crippen LogP contribution in [0.15, 0.2) is 53.4 Å². The van der Waals surface area contributed by atoms with Gasteiger partial charge in [-0.3, -0.25) is 0 Å². The van der Waals surface area contributed by atoms with E-state index in [1.165, 1.54) is 37.4 Å². The van der Waals surface area contributed by atoms with Crippen molar-refractivity contribution in [2.24, 2.45) is 0 Å². The van der Waals surface area contributed by atoms with Gasteiger partial charge >= 0.3 is 6.18 Å². The monoisotopic (exact) mass is 410 g/mol. The van der Waals surface area contributed by atoms with Crippen LogP contribution in [0.4, 0.5) is 13.2 Å². The number of hydrogen-bond acceptors (Lipinski definition) is 4. The van der Waals surface area contributed by atoms with Gasteiger partial charge in [0.25, 0.3) is 0 Å². The Labute approximate surface area is 160 Å². The summed E-state index contributed by atoms with van der Waals surface area (Å²) in [6, 6.07) is 11.1. The van der Waals surface area contributed by atoms with E-state index in [1.54, 1.807) is 19.1 Å². The minimum absolute atomic E-state index is 0.0810. The van der Waals surface area contributed by atoms with Crippen molar-refractivity contribution in [3.63, 3.8) is 0 Å². The minimum atomic E-state index is -4.62. The molecular weight excluding hydrogens is 393 g/mol. The summed E-state index contributed by atoms with van der Waals surface area (Å²) in [7, 11) is -1.92. The van der Waals surface area contributed by atoms with Crippen molar-refractivity contribution < 1.29 is 26.3 Å². The molecule has 0 N–H and O–H groups in total. The van der Waals surface area contributed by atoms with Crippen LogP contribution in [-0.4, -0.2) is 31.6 Å². The standard InChI is InChI=1S/C19H17F3N2O3S/c1-12-10-14(6-9-17(12)27-2)24-18(19(20,21)22)11-16(23-24)13-4-7-15(8-5-13)28(3,25)26/h4-11H,1-3H3. The molecule has 5 nitrogen and oxygen atoms in total. The number of alkyl halides is 3. The van der Waals surface area contributed by atoms with Crippen LogP contribution in [-0.2, 0) is 16.0 Å². The van der Waals surface area contributed by atoms with Crippen LogP contribution >= 0.6 is 0 Å². The van der Waals surface area contributed by atoms with E-state index in [4.69, 9.17) is 4.74 Å². The highest BCUT2D eigenvalue weighted by atomic mass is 32.2. The summed E-state index contributed by atoms with van der Waals surface area (Å²) in [4.78, 5) is 0.0810. The summed E-state index contributed by atoms with van der Waals surface area (Å²) in [6.45, 7) is 1.73. The predicted octanol–water partition coefficient (Wildman–Crippen LogP) is 4.28. The number of benzene rings is 2. The van der Waals surface area contributed by atoms with Gasteiger partial charge in [-0.15, -0.1) is 0 Å². The first kappa shape index (κ1) is 19.9. The average molecular weight is 410 g/mol. The molecule has 3 rings (SSSR count). The Bertz CT molecular complexity index is 1120. The highest BCUT2D eigenvalue weighted by Gasteiger charge is 2.36. The lowest BCUT2D eigenvalue weighted by atomic mass is 10.1. The third-order valence-corrected chi connectivity index (χ3v) is 5.33. The zero-order valence-electron chi connectivity index (χ0n) is 15.3. The van der Waals surface area contributed by atoms with Crippen molar-refractivity contribution in [1.29, 1.82) is 0 Å². The molecule has 28 heavy (non-hydrogen) atoms. The number of halogens is 3. The molecule has 0 atom stereocenters. The van der Waals surface area contributed by atoms with Gasteiger partial charge in [0.2, 0.25) is 0 Å². The van der Waals surface area contributed by atoms with E-state index < -0.39 is 21.7 Å². The lowest BCUT2D eigenvalue weighted by Crippen LogP contribution is -2.13. The molecule has 0 fully saturated rings. The zero-order chi connectivity index (χ0) is 20.7. The highest BCUT2D eigenvalue weighted by Crippen LogP contribution is 2.35. The summed E-state index contributed by atoms with van der Waals surface area (Å²) < 4.78 is 69.8. The molecule has 0 unspecified atom stereocenters. The Hall–Kier alpha value is -2.81. The van der Waals surface area contributed by atoms with Gasteiger partial charge in [0, 0.05) is 11.8 Å². The second-order valence-corrected chi connectivity index (χ2v) is 8.29. The number of methoxy groups -OCH3 is 1. The van der Waals surface area contributed by atoms with Crippen LogP contribution in [0.1, 0.15) is 11.3 Å². The number of rotatable bonds is 4. The van der Waals surface area contributed by atoms with Crippen molar-refractivity contribution in [3.8, 4) is 22.7 Å². The molecule has 148 valence electrons. The molecule has 0 radical (unpaired) electrons. The van der Waals surface area contributed by atoms with E-state index in [0.29, 0.717) is 16.9 Å². The quantitative estimate of drug-likeness (QED) is 0.644. The van der Waals surface area contributed by atoms with Gasteiger partial charge in [0.05, 0.1) is 23.4 Å². The van der Waals surface area contributed by atoms with Crippen LogP contribution in [0.5, 0.6) is 5.75 Å². The first-order valence-electron chi connectivity index (χ1n) is 8.13. The Morgan fingerprint density at radius 1 is 1.04 bits per heavy atom. The van der Waals surface area contributed by atoms with Gasteiger partial charge in [-0.1, -0.05) is 12.1 Å². The number of aryl methyl sites for hydroxylation is 1. The Morgan fingerprint density at radius 3 is 2.18 bits per heavy atom. The zero-order valence-corrected chi connectivity index (χ0v) is 16.1. The van der Waals surface area contributed by atoms with E-state index in [0.717, 1.165) is 17.0 Å². The van der Waals surface area contributed by atoms with Gasteiger partial charge in [0.1, 0.15) is 11.4 Å². The van der Waals surface area contributed by atoms with Crippen LogP contribution in [0.3, 0.4) is 0 Å². The third-order valence-electron chi connectivity index (χ3n) is 4.20. The SMILES string of the molecule is COc1ccc(-n2nc(-c3ccc(S(C)(=O)=O)cc3)cc2C(F)(F)F)cc1C. The van der Waals surface area contributed by atoms with E-state index >= 15 is 0 Å². The van der Waals surface area contributed by atoms with Crippen molar-refractivity contribution >= 4 is 9.84 Å². The minimum Gasteiger partial charge on any atom is -0.496 e. The maximum absolute atomic E-state index is 13.6. The molecule has 0 aliphatic rings. The normalized spacial score (nSPS) is 12.2. The first-order chi connectivity index (χ1) is 13.0. The maximum Gasteiger partial charge on any atom is 0.433 e. The molecule has 9 heteroatoms. The molecule has 0 saturated carbocycles. The largest absolute Gasteiger partial charge is 0.496 e. The van der Waals surface area contributed by atoms with E-state index in [-0.39, 0.29) is 16.3 Å². The first-order valence-corrected chi connectivity index (χ1v) is 10.0. The number of nitrogens with zero attached hydrogens (tertiary/aromatic N) is 2. The van der Waals surface area contributed by atoms with E-state index in [1.807, 2.05) is 0 Å². The summed E-state index contributed by atoms with van der Waals surface area (Å²) in [5.41, 5.74) is 0.439. The highest BCUT2D eigenvalue weighted by molar-refractivity contribution is 7.90. The molecule has 0 spiro atoms. The van der Waals surface area contributed by atoms with Gasteiger partial charge in [-0.2, -0.15) is 18.3 Å². The summed E-state index contributed by atoms with van der Waals surface area (Å²) in [5.74, 6) is 0.557. The molecule has 0 saturated heterocycles. The fourth-order valence-electron chi connectivity index (χ4n) is 2.79.